The Balaban J connectivity index is 1.84. The van der Waals surface area contributed by atoms with Gasteiger partial charge in [0, 0.05) is 39.9 Å². The van der Waals surface area contributed by atoms with E-state index in [2.05, 4.69) is 16.1 Å². The van der Waals surface area contributed by atoms with Crippen molar-refractivity contribution in [3.8, 4) is 6.07 Å². The van der Waals surface area contributed by atoms with Gasteiger partial charge in [0.15, 0.2) is 0 Å². The molecule has 0 bridgehead atoms. The van der Waals surface area contributed by atoms with E-state index in [1.54, 1.807) is 31.3 Å². The van der Waals surface area contributed by atoms with Gasteiger partial charge in [0.1, 0.15) is 0 Å². The molecular formula is C18H21N5O. The van der Waals surface area contributed by atoms with Crippen molar-refractivity contribution in [2.24, 2.45) is 5.92 Å². The highest BCUT2D eigenvalue weighted by Crippen LogP contribution is 2.19. The highest BCUT2D eigenvalue weighted by molar-refractivity contribution is 5.78. The van der Waals surface area contributed by atoms with Gasteiger partial charge >= 0.3 is 0 Å². The summed E-state index contributed by atoms with van der Waals surface area (Å²) < 4.78 is 1.93. The van der Waals surface area contributed by atoms with Crippen LogP contribution in [-0.4, -0.2) is 46.1 Å². The molecule has 1 atom stereocenters. The van der Waals surface area contributed by atoms with Crippen molar-refractivity contribution in [2.75, 3.05) is 20.6 Å². The minimum Gasteiger partial charge on any atom is -0.348 e. The smallest absolute Gasteiger partial charge is 0.228 e. The van der Waals surface area contributed by atoms with Gasteiger partial charge in [-0.2, -0.15) is 10.4 Å². The maximum atomic E-state index is 12.5. The molecule has 1 unspecified atom stereocenters. The second-order valence-electron chi connectivity index (χ2n) is 6.42. The highest BCUT2D eigenvalue weighted by atomic mass is 16.2. The summed E-state index contributed by atoms with van der Waals surface area (Å²) in [5.41, 5.74) is 2.85. The van der Waals surface area contributed by atoms with E-state index in [0.717, 1.165) is 17.8 Å². The normalized spacial score (nSPS) is 17.6. The summed E-state index contributed by atoms with van der Waals surface area (Å²) >= 11 is 0. The molecule has 6 nitrogen and oxygen atoms in total. The molecular weight excluding hydrogens is 302 g/mol. The fourth-order valence-electron chi connectivity index (χ4n) is 3.17. The van der Waals surface area contributed by atoms with E-state index in [1.165, 1.54) is 0 Å². The monoisotopic (exact) mass is 323 g/mol. The van der Waals surface area contributed by atoms with Crippen molar-refractivity contribution >= 4 is 5.91 Å². The third-order valence-electron chi connectivity index (χ3n) is 4.31. The van der Waals surface area contributed by atoms with Gasteiger partial charge in [0.2, 0.25) is 5.91 Å². The predicted octanol–water partition coefficient (Wildman–Crippen LogP) is 1.47. The zero-order valence-electron chi connectivity index (χ0n) is 14.0. The Bertz CT molecular complexity index is 774. The Morgan fingerprint density at radius 2 is 2.21 bits per heavy atom. The largest absolute Gasteiger partial charge is 0.348 e. The van der Waals surface area contributed by atoms with Gasteiger partial charge in [-0.05, 0) is 23.8 Å². The van der Waals surface area contributed by atoms with E-state index in [0.29, 0.717) is 25.2 Å². The summed E-state index contributed by atoms with van der Waals surface area (Å²) in [6.07, 6.45) is 1.78. The number of fused-ring (bicyclic) bond motifs is 1. The van der Waals surface area contributed by atoms with E-state index in [9.17, 15) is 4.79 Å². The highest BCUT2D eigenvalue weighted by Gasteiger charge is 2.28. The lowest BCUT2D eigenvalue weighted by Gasteiger charge is -2.25. The molecule has 0 N–H and O–H groups in total. The van der Waals surface area contributed by atoms with Crippen LogP contribution in [0, 0.1) is 17.2 Å². The molecule has 24 heavy (non-hydrogen) atoms. The Hall–Kier alpha value is -2.65. The minimum atomic E-state index is -0.125. The van der Waals surface area contributed by atoms with E-state index in [1.807, 2.05) is 28.9 Å². The van der Waals surface area contributed by atoms with Crippen LogP contribution in [0.1, 0.15) is 16.8 Å². The molecule has 0 aliphatic carbocycles. The van der Waals surface area contributed by atoms with Gasteiger partial charge in [-0.1, -0.05) is 12.1 Å². The van der Waals surface area contributed by atoms with Crippen LogP contribution < -0.4 is 0 Å². The molecule has 1 aromatic carbocycles. The van der Waals surface area contributed by atoms with Crippen LogP contribution in [0.5, 0.6) is 0 Å². The van der Waals surface area contributed by atoms with Crippen LogP contribution in [-0.2, 0) is 24.4 Å². The quantitative estimate of drug-likeness (QED) is 0.858. The molecule has 1 aromatic heterocycles. The Morgan fingerprint density at radius 3 is 2.96 bits per heavy atom. The Labute approximate surface area is 141 Å². The van der Waals surface area contributed by atoms with Crippen molar-refractivity contribution in [3.63, 3.8) is 0 Å². The molecule has 0 radical (unpaired) electrons. The molecule has 2 aromatic rings. The topological polar surface area (TPSA) is 65.2 Å². The number of nitriles is 1. The van der Waals surface area contributed by atoms with Gasteiger partial charge < -0.3 is 4.90 Å². The SMILES string of the molecule is CN(C)C(=O)C1CN(Cc2cccc(C#N)c2)Cc2ccnn2C1. The van der Waals surface area contributed by atoms with Crippen LogP contribution in [0.15, 0.2) is 36.5 Å². The molecule has 6 heteroatoms. The summed E-state index contributed by atoms with van der Waals surface area (Å²) in [7, 11) is 3.58. The molecule has 2 heterocycles. The first-order valence-electron chi connectivity index (χ1n) is 8.00. The number of amides is 1. The average Bonchev–Trinajstić information content (AvgIpc) is 2.93. The third kappa shape index (κ3) is 3.47. The maximum absolute atomic E-state index is 12.5. The van der Waals surface area contributed by atoms with Crippen molar-refractivity contribution in [1.82, 2.24) is 19.6 Å². The van der Waals surface area contributed by atoms with Crippen LogP contribution >= 0.6 is 0 Å². The summed E-state index contributed by atoms with van der Waals surface area (Å²) in [6, 6.07) is 11.8. The number of hydrogen-bond donors (Lipinski definition) is 0. The molecule has 0 saturated carbocycles. The van der Waals surface area contributed by atoms with Crippen molar-refractivity contribution in [1.29, 1.82) is 5.26 Å². The van der Waals surface area contributed by atoms with Gasteiger partial charge in [-0.3, -0.25) is 14.4 Å². The van der Waals surface area contributed by atoms with Crippen molar-refractivity contribution < 1.29 is 4.79 Å². The standard InChI is InChI=1S/C18H21N5O/c1-21(2)18(24)16-11-22(13-17-6-7-20-23(17)12-16)10-15-5-3-4-14(8-15)9-19/h3-8,16H,10-13H2,1-2H3. The minimum absolute atomic E-state index is 0.120. The Morgan fingerprint density at radius 1 is 1.38 bits per heavy atom. The summed E-state index contributed by atoms with van der Waals surface area (Å²) in [6.45, 7) is 2.73. The zero-order valence-corrected chi connectivity index (χ0v) is 14.0. The number of nitrogens with zero attached hydrogens (tertiary/aromatic N) is 5. The number of hydrogen-bond acceptors (Lipinski definition) is 4. The molecule has 3 rings (SSSR count). The van der Waals surface area contributed by atoms with Crippen molar-refractivity contribution in [2.45, 2.75) is 19.6 Å². The zero-order chi connectivity index (χ0) is 17.1. The van der Waals surface area contributed by atoms with E-state index >= 15 is 0 Å². The molecule has 1 aliphatic rings. The lowest BCUT2D eigenvalue weighted by Crippen LogP contribution is -2.38. The summed E-state index contributed by atoms with van der Waals surface area (Å²) in [5.74, 6) is -0.00516. The molecule has 1 amide bonds. The predicted molar refractivity (Wildman–Crippen MR) is 89.7 cm³/mol. The first-order valence-corrected chi connectivity index (χ1v) is 8.00. The molecule has 0 spiro atoms. The van der Waals surface area contributed by atoms with Crippen LogP contribution in [0.4, 0.5) is 0 Å². The fraction of sp³-hybridized carbons (Fsp3) is 0.389. The van der Waals surface area contributed by atoms with Gasteiger partial charge in [-0.25, -0.2) is 0 Å². The summed E-state index contributed by atoms with van der Waals surface area (Å²) in [4.78, 5) is 16.4. The summed E-state index contributed by atoms with van der Waals surface area (Å²) in [5, 5.41) is 13.4. The average molecular weight is 323 g/mol. The number of aromatic nitrogens is 2. The van der Waals surface area contributed by atoms with Crippen LogP contribution in [0.25, 0.3) is 0 Å². The van der Waals surface area contributed by atoms with E-state index < -0.39 is 0 Å². The molecule has 0 fully saturated rings. The first kappa shape index (κ1) is 16.2. The second-order valence-corrected chi connectivity index (χ2v) is 6.42. The Kier molecular flexibility index (Phi) is 4.63. The van der Waals surface area contributed by atoms with E-state index in [4.69, 9.17) is 5.26 Å². The lowest BCUT2D eigenvalue weighted by atomic mass is 10.1. The second kappa shape index (κ2) is 6.85. The number of rotatable bonds is 3. The van der Waals surface area contributed by atoms with Gasteiger partial charge in [0.05, 0.1) is 29.8 Å². The first-order chi connectivity index (χ1) is 11.6. The number of carbonyl (C=O) groups excluding carboxylic acids is 1. The van der Waals surface area contributed by atoms with Crippen LogP contribution in [0.2, 0.25) is 0 Å². The molecule has 124 valence electrons. The number of benzene rings is 1. The fourth-order valence-corrected chi connectivity index (χ4v) is 3.17. The van der Waals surface area contributed by atoms with Crippen LogP contribution in [0.3, 0.4) is 0 Å². The lowest BCUT2D eigenvalue weighted by molar-refractivity contribution is -0.134. The van der Waals surface area contributed by atoms with Crippen molar-refractivity contribution in [3.05, 3.63) is 53.3 Å². The molecule has 0 saturated heterocycles. The molecule has 1 aliphatic heterocycles. The maximum Gasteiger partial charge on any atom is 0.228 e. The van der Waals surface area contributed by atoms with Gasteiger partial charge in [-0.15, -0.1) is 0 Å². The van der Waals surface area contributed by atoms with E-state index in [-0.39, 0.29) is 11.8 Å². The number of carbonyl (C=O) groups is 1. The third-order valence-corrected chi connectivity index (χ3v) is 4.31. The van der Waals surface area contributed by atoms with Gasteiger partial charge in [0.25, 0.3) is 0 Å².